The van der Waals surface area contributed by atoms with Crippen LogP contribution in [-0.2, 0) is 4.79 Å². The normalized spacial score (nSPS) is 20.2. The highest BCUT2D eigenvalue weighted by molar-refractivity contribution is 6.29. The molecule has 0 aromatic carbocycles. The van der Waals surface area contributed by atoms with Crippen molar-refractivity contribution in [2.45, 2.75) is 32.7 Å². The Balaban J connectivity index is 2.32. The van der Waals surface area contributed by atoms with E-state index in [1.165, 1.54) is 0 Å². The standard InChI is InChI=1S/C12H15ClN2O/c1-8-10(5-6-12(13)14-8)11-4-3-7-15(11)9(2)16/h5-6,11H,3-4,7H2,1-2H3. The molecule has 0 N–H and O–H groups in total. The number of hydrogen-bond donors (Lipinski definition) is 0. The fourth-order valence-corrected chi connectivity index (χ4v) is 2.55. The van der Waals surface area contributed by atoms with Crippen LogP contribution in [0.3, 0.4) is 0 Å². The number of rotatable bonds is 1. The smallest absolute Gasteiger partial charge is 0.219 e. The Morgan fingerprint density at radius 2 is 2.31 bits per heavy atom. The highest BCUT2D eigenvalue weighted by atomic mass is 35.5. The second-order valence-corrected chi connectivity index (χ2v) is 4.57. The van der Waals surface area contributed by atoms with Crippen LogP contribution in [0.2, 0.25) is 5.15 Å². The number of likely N-dealkylation sites (tertiary alicyclic amines) is 1. The zero-order chi connectivity index (χ0) is 11.7. The fraction of sp³-hybridized carbons (Fsp3) is 0.500. The van der Waals surface area contributed by atoms with E-state index in [9.17, 15) is 4.79 Å². The molecule has 1 saturated heterocycles. The monoisotopic (exact) mass is 238 g/mol. The van der Waals surface area contributed by atoms with Crippen LogP contribution < -0.4 is 0 Å². The molecule has 0 spiro atoms. The van der Waals surface area contributed by atoms with Crippen LogP contribution in [0.15, 0.2) is 12.1 Å². The van der Waals surface area contributed by atoms with Gasteiger partial charge in [0.05, 0.1) is 6.04 Å². The third kappa shape index (κ3) is 2.05. The molecule has 4 heteroatoms. The Bertz CT molecular complexity index is 419. The van der Waals surface area contributed by atoms with E-state index in [-0.39, 0.29) is 11.9 Å². The first-order chi connectivity index (χ1) is 7.59. The van der Waals surface area contributed by atoms with Gasteiger partial charge < -0.3 is 4.90 Å². The molecule has 1 aliphatic heterocycles. The summed E-state index contributed by atoms with van der Waals surface area (Å²) in [5, 5.41) is 0.508. The largest absolute Gasteiger partial charge is 0.336 e. The maximum atomic E-state index is 11.5. The third-order valence-corrected chi connectivity index (χ3v) is 3.32. The van der Waals surface area contributed by atoms with Gasteiger partial charge in [0.15, 0.2) is 0 Å². The number of amides is 1. The lowest BCUT2D eigenvalue weighted by Crippen LogP contribution is -2.28. The van der Waals surface area contributed by atoms with Crippen LogP contribution in [-0.4, -0.2) is 22.3 Å². The van der Waals surface area contributed by atoms with Crippen LogP contribution in [0.25, 0.3) is 0 Å². The van der Waals surface area contributed by atoms with Gasteiger partial charge in [-0.1, -0.05) is 17.7 Å². The van der Waals surface area contributed by atoms with E-state index in [4.69, 9.17) is 11.6 Å². The molecule has 0 bridgehead atoms. The Kier molecular flexibility index (Phi) is 3.15. The van der Waals surface area contributed by atoms with Gasteiger partial charge in [0.1, 0.15) is 5.15 Å². The predicted octanol–water partition coefficient (Wildman–Crippen LogP) is 2.73. The Morgan fingerprint density at radius 1 is 1.56 bits per heavy atom. The molecule has 3 nitrogen and oxygen atoms in total. The minimum atomic E-state index is 0.136. The Morgan fingerprint density at radius 3 is 2.94 bits per heavy atom. The van der Waals surface area contributed by atoms with Crippen molar-refractivity contribution in [1.29, 1.82) is 0 Å². The second-order valence-electron chi connectivity index (χ2n) is 4.18. The SMILES string of the molecule is CC(=O)N1CCCC1c1ccc(Cl)nc1C. The summed E-state index contributed by atoms with van der Waals surface area (Å²) in [5.74, 6) is 0.136. The summed E-state index contributed by atoms with van der Waals surface area (Å²) >= 11 is 5.83. The first-order valence-electron chi connectivity index (χ1n) is 5.50. The number of aryl methyl sites for hydroxylation is 1. The van der Waals surface area contributed by atoms with Crippen molar-refractivity contribution >= 4 is 17.5 Å². The molecule has 1 aromatic rings. The van der Waals surface area contributed by atoms with E-state index in [0.29, 0.717) is 5.15 Å². The van der Waals surface area contributed by atoms with Crippen molar-refractivity contribution < 1.29 is 4.79 Å². The van der Waals surface area contributed by atoms with Crippen LogP contribution in [0.1, 0.15) is 37.1 Å². The second kappa shape index (κ2) is 4.42. The van der Waals surface area contributed by atoms with Crippen LogP contribution >= 0.6 is 11.6 Å². The van der Waals surface area contributed by atoms with E-state index in [1.54, 1.807) is 13.0 Å². The van der Waals surface area contributed by atoms with Gasteiger partial charge in [0, 0.05) is 19.2 Å². The van der Waals surface area contributed by atoms with Gasteiger partial charge in [0.25, 0.3) is 0 Å². The number of aromatic nitrogens is 1. The average Bonchev–Trinajstić information content (AvgIpc) is 2.66. The van der Waals surface area contributed by atoms with E-state index in [0.717, 1.165) is 30.6 Å². The molecule has 0 aliphatic carbocycles. The predicted molar refractivity (Wildman–Crippen MR) is 63.3 cm³/mol. The molecule has 16 heavy (non-hydrogen) atoms. The Hall–Kier alpha value is -1.09. The van der Waals surface area contributed by atoms with Gasteiger partial charge in [-0.3, -0.25) is 4.79 Å². The van der Waals surface area contributed by atoms with Gasteiger partial charge in [-0.2, -0.15) is 0 Å². The number of halogens is 1. The summed E-state index contributed by atoms with van der Waals surface area (Å²) in [4.78, 5) is 17.6. The first-order valence-corrected chi connectivity index (χ1v) is 5.87. The van der Waals surface area contributed by atoms with Gasteiger partial charge in [-0.05, 0) is 31.4 Å². The molecular weight excluding hydrogens is 224 g/mol. The molecule has 1 aliphatic rings. The number of carbonyl (C=O) groups is 1. The molecule has 2 rings (SSSR count). The summed E-state index contributed by atoms with van der Waals surface area (Å²) in [6, 6.07) is 3.96. The number of nitrogens with zero attached hydrogens (tertiary/aromatic N) is 2. The zero-order valence-corrected chi connectivity index (χ0v) is 10.3. The van der Waals surface area contributed by atoms with Crippen molar-refractivity contribution in [3.63, 3.8) is 0 Å². The number of hydrogen-bond acceptors (Lipinski definition) is 2. The average molecular weight is 239 g/mol. The zero-order valence-electron chi connectivity index (χ0n) is 9.53. The van der Waals surface area contributed by atoms with Gasteiger partial charge in [0.2, 0.25) is 5.91 Å². The van der Waals surface area contributed by atoms with Crippen molar-refractivity contribution in [2.24, 2.45) is 0 Å². The minimum absolute atomic E-state index is 0.136. The van der Waals surface area contributed by atoms with Crippen LogP contribution in [0, 0.1) is 6.92 Å². The topological polar surface area (TPSA) is 33.2 Å². The number of carbonyl (C=O) groups excluding carboxylic acids is 1. The summed E-state index contributed by atoms with van der Waals surface area (Å²) in [7, 11) is 0. The van der Waals surface area contributed by atoms with E-state index in [1.807, 2.05) is 17.9 Å². The van der Waals surface area contributed by atoms with Crippen LogP contribution in [0.4, 0.5) is 0 Å². The molecule has 0 saturated carbocycles. The lowest BCUT2D eigenvalue weighted by molar-refractivity contribution is -0.129. The van der Waals surface area contributed by atoms with Gasteiger partial charge >= 0.3 is 0 Å². The maximum absolute atomic E-state index is 11.5. The Labute approximate surface area is 100 Å². The van der Waals surface area contributed by atoms with Crippen molar-refractivity contribution in [1.82, 2.24) is 9.88 Å². The summed E-state index contributed by atoms with van der Waals surface area (Å²) < 4.78 is 0. The highest BCUT2D eigenvalue weighted by Gasteiger charge is 2.29. The molecule has 0 radical (unpaired) electrons. The molecule has 1 unspecified atom stereocenters. The van der Waals surface area contributed by atoms with E-state index in [2.05, 4.69) is 4.98 Å². The van der Waals surface area contributed by atoms with E-state index >= 15 is 0 Å². The molecule has 1 atom stereocenters. The summed E-state index contributed by atoms with van der Waals surface area (Å²) in [5.41, 5.74) is 2.04. The lowest BCUT2D eigenvalue weighted by atomic mass is 10.0. The van der Waals surface area contributed by atoms with Crippen molar-refractivity contribution in [3.8, 4) is 0 Å². The van der Waals surface area contributed by atoms with Gasteiger partial charge in [-0.25, -0.2) is 4.98 Å². The summed E-state index contributed by atoms with van der Waals surface area (Å²) in [6.07, 6.45) is 2.08. The molecule has 86 valence electrons. The number of pyridine rings is 1. The summed E-state index contributed by atoms with van der Waals surface area (Å²) in [6.45, 7) is 4.41. The van der Waals surface area contributed by atoms with Crippen molar-refractivity contribution in [3.05, 3.63) is 28.5 Å². The molecule has 2 heterocycles. The van der Waals surface area contributed by atoms with Gasteiger partial charge in [-0.15, -0.1) is 0 Å². The lowest BCUT2D eigenvalue weighted by Gasteiger charge is -2.24. The maximum Gasteiger partial charge on any atom is 0.219 e. The van der Waals surface area contributed by atoms with E-state index < -0.39 is 0 Å². The molecule has 1 fully saturated rings. The molecular formula is C12H15ClN2O. The van der Waals surface area contributed by atoms with Crippen molar-refractivity contribution in [2.75, 3.05) is 6.54 Å². The van der Waals surface area contributed by atoms with Crippen LogP contribution in [0.5, 0.6) is 0 Å². The minimum Gasteiger partial charge on any atom is -0.336 e. The molecule has 1 aromatic heterocycles. The quantitative estimate of drug-likeness (QED) is 0.705. The first kappa shape index (κ1) is 11.4. The molecule has 1 amide bonds. The third-order valence-electron chi connectivity index (χ3n) is 3.11. The fourth-order valence-electron chi connectivity index (χ4n) is 2.36. The highest BCUT2D eigenvalue weighted by Crippen LogP contribution is 2.33.